The van der Waals surface area contributed by atoms with Crippen molar-refractivity contribution in [1.29, 1.82) is 0 Å². The molecule has 0 heterocycles. The number of nitrogens with one attached hydrogen (secondary N) is 1. The number of hydrogen-bond donors (Lipinski definition) is 1. The molecule has 1 aromatic rings. The Morgan fingerprint density at radius 1 is 1.25 bits per heavy atom. The topological polar surface area (TPSA) is 47.6 Å². The first-order chi connectivity index (χ1) is 9.35. The molecule has 1 N–H and O–H groups in total. The number of ether oxygens (including phenoxy) is 2. The number of esters is 1. The molecule has 0 amide bonds. The average molecular weight is 279 g/mol. The Bertz CT molecular complexity index is 485. The van der Waals surface area contributed by atoms with Crippen molar-refractivity contribution in [3.05, 3.63) is 28.8 Å². The van der Waals surface area contributed by atoms with Crippen LogP contribution in [-0.4, -0.2) is 32.3 Å². The van der Waals surface area contributed by atoms with Crippen molar-refractivity contribution < 1.29 is 14.3 Å². The molecule has 1 aromatic carbocycles. The van der Waals surface area contributed by atoms with Gasteiger partial charge in [-0.25, -0.2) is 0 Å². The lowest BCUT2D eigenvalue weighted by Crippen LogP contribution is -2.49. The summed E-state index contributed by atoms with van der Waals surface area (Å²) in [5.74, 6) is 0.634. The van der Waals surface area contributed by atoms with Gasteiger partial charge in [-0.3, -0.25) is 4.79 Å². The maximum absolute atomic E-state index is 11.8. The van der Waals surface area contributed by atoms with Crippen molar-refractivity contribution >= 4 is 5.97 Å². The Labute approximate surface area is 121 Å². The third-order valence-corrected chi connectivity index (χ3v) is 3.91. The van der Waals surface area contributed by atoms with Crippen LogP contribution in [0.5, 0.6) is 5.75 Å². The van der Waals surface area contributed by atoms with Crippen LogP contribution in [-0.2, 0) is 9.53 Å². The Morgan fingerprint density at radius 3 is 2.40 bits per heavy atom. The van der Waals surface area contributed by atoms with E-state index in [-0.39, 0.29) is 5.97 Å². The van der Waals surface area contributed by atoms with Gasteiger partial charge >= 0.3 is 5.97 Å². The van der Waals surface area contributed by atoms with Crippen LogP contribution >= 0.6 is 0 Å². The minimum atomic E-state index is -0.722. The van der Waals surface area contributed by atoms with Crippen molar-refractivity contribution in [2.45, 2.75) is 39.7 Å². The highest BCUT2D eigenvalue weighted by Crippen LogP contribution is 2.26. The minimum Gasteiger partial charge on any atom is -0.493 e. The highest BCUT2D eigenvalue weighted by Gasteiger charge is 2.32. The number of carbonyl (C=O) groups excluding carboxylic acids is 1. The zero-order valence-electron chi connectivity index (χ0n) is 13.3. The second-order valence-electron chi connectivity index (χ2n) is 5.33. The van der Waals surface area contributed by atoms with Gasteiger partial charge in [-0.05, 0) is 51.4 Å². The van der Waals surface area contributed by atoms with Gasteiger partial charge in [-0.15, -0.1) is 0 Å². The maximum Gasteiger partial charge on any atom is 0.325 e. The zero-order valence-corrected chi connectivity index (χ0v) is 13.3. The van der Waals surface area contributed by atoms with Crippen LogP contribution in [0.1, 0.15) is 30.0 Å². The van der Waals surface area contributed by atoms with E-state index in [1.54, 1.807) is 7.05 Å². The fourth-order valence-corrected chi connectivity index (χ4v) is 2.06. The monoisotopic (exact) mass is 279 g/mol. The highest BCUT2D eigenvalue weighted by molar-refractivity contribution is 5.80. The summed E-state index contributed by atoms with van der Waals surface area (Å²) < 4.78 is 10.7. The Kier molecular flexibility index (Phi) is 5.57. The number of rotatable bonds is 6. The second-order valence-corrected chi connectivity index (χ2v) is 5.33. The van der Waals surface area contributed by atoms with Gasteiger partial charge in [-0.2, -0.15) is 0 Å². The molecule has 20 heavy (non-hydrogen) atoms. The van der Waals surface area contributed by atoms with Crippen molar-refractivity contribution in [1.82, 2.24) is 5.32 Å². The number of methoxy groups -OCH3 is 1. The molecule has 0 aliphatic carbocycles. The molecule has 112 valence electrons. The van der Waals surface area contributed by atoms with E-state index in [0.717, 1.165) is 16.9 Å². The lowest BCUT2D eigenvalue weighted by Gasteiger charge is -2.26. The molecule has 0 saturated carbocycles. The van der Waals surface area contributed by atoms with Crippen LogP contribution in [0.2, 0.25) is 0 Å². The summed E-state index contributed by atoms with van der Waals surface area (Å²) in [5, 5.41) is 3.00. The Morgan fingerprint density at radius 2 is 1.85 bits per heavy atom. The lowest BCUT2D eigenvalue weighted by molar-refractivity contribution is -0.148. The predicted molar refractivity (Wildman–Crippen MR) is 80.2 cm³/mol. The predicted octanol–water partition coefficient (Wildman–Crippen LogP) is 2.53. The minimum absolute atomic E-state index is 0.277. The molecular weight excluding hydrogens is 254 g/mol. The van der Waals surface area contributed by atoms with Gasteiger partial charge in [0, 0.05) is 6.42 Å². The molecule has 1 rings (SSSR count). The number of benzene rings is 1. The molecule has 0 aliphatic heterocycles. The van der Waals surface area contributed by atoms with E-state index in [4.69, 9.17) is 9.47 Å². The van der Waals surface area contributed by atoms with Crippen LogP contribution in [0, 0.1) is 20.8 Å². The molecule has 4 nitrogen and oxygen atoms in total. The fraction of sp³-hybridized carbons (Fsp3) is 0.562. The van der Waals surface area contributed by atoms with Crippen LogP contribution in [0.25, 0.3) is 0 Å². The number of hydrogen-bond acceptors (Lipinski definition) is 4. The summed E-state index contributed by atoms with van der Waals surface area (Å²) in [6.07, 6.45) is 0.545. The van der Waals surface area contributed by atoms with Crippen LogP contribution in [0.15, 0.2) is 12.1 Å². The van der Waals surface area contributed by atoms with Gasteiger partial charge in [0.2, 0.25) is 0 Å². The standard InChI is InChI=1S/C16H25NO3/c1-11-7-8-12(2)14(13(11)3)20-10-9-16(4,17-5)15(18)19-6/h7-8,17H,9-10H2,1-6H3. The maximum atomic E-state index is 11.8. The molecule has 4 heteroatoms. The first-order valence-electron chi connectivity index (χ1n) is 6.82. The van der Waals surface area contributed by atoms with Crippen LogP contribution in [0.4, 0.5) is 0 Å². The van der Waals surface area contributed by atoms with Crippen molar-refractivity contribution in [3.8, 4) is 5.75 Å². The van der Waals surface area contributed by atoms with Crippen molar-refractivity contribution in [2.24, 2.45) is 0 Å². The largest absolute Gasteiger partial charge is 0.493 e. The molecule has 1 unspecified atom stereocenters. The van der Waals surface area contributed by atoms with E-state index in [2.05, 4.69) is 31.3 Å². The van der Waals surface area contributed by atoms with Gasteiger partial charge in [0.15, 0.2) is 0 Å². The summed E-state index contributed by atoms with van der Waals surface area (Å²) in [7, 11) is 3.15. The second kappa shape index (κ2) is 6.75. The number of aryl methyl sites for hydroxylation is 2. The summed E-state index contributed by atoms with van der Waals surface area (Å²) in [6.45, 7) is 8.41. The quantitative estimate of drug-likeness (QED) is 0.813. The fourth-order valence-electron chi connectivity index (χ4n) is 2.06. The molecule has 0 radical (unpaired) electrons. The third-order valence-electron chi connectivity index (χ3n) is 3.91. The highest BCUT2D eigenvalue weighted by atomic mass is 16.5. The normalized spacial score (nSPS) is 13.7. The molecule has 0 aliphatic rings. The molecule has 0 aromatic heterocycles. The molecule has 1 atom stereocenters. The molecule has 0 bridgehead atoms. The molecule has 0 fully saturated rings. The molecular formula is C16H25NO3. The summed E-state index contributed by atoms with van der Waals surface area (Å²) in [4.78, 5) is 11.8. The SMILES string of the molecule is CNC(C)(CCOc1c(C)ccc(C)c1C)C(=O)OC. The van der Waals surface area contributed by atoms with E-state index >= 15 is 0 Å². The number of likely N-dealkylation sites (N-methyl/N-ethyl adjacent to an activating group) is 1. The van der Waals surface area contributed by atoms with Crippen LogP contribution in [0.3, 0.4) is 0 Å². The van der Waals surface area contributed by atoms with E-state index in [1.165, 1.54) is 12.7 Å². The third kappa shape index (κ3) is 3.51. The number of carbonyl (C=O) groups is 1. The molecule has 0 saturated heterocycles. The Hall–Kier alpha value is -1.55. The van der Waals surface area contributed by atoms with E-state index in [1.807, 2.05) is 13.8 Å². The summed E-state index contributed by atoms with van der Waals surface area (Å²) in [6, 6.07) is 4.14. The van der Waals surface area contributed by atoms with Crippen LogP contribution < -0.4 is 10.1 Å². The van der Waals surface area contributed by atoms with E-state index in [9.17, 15) is 4.79 Å². The van der Waals surface area contributed by atoms with Crippen molar-refractivity contribution in [3.63, 3.8) is 0 Å². The average Bonchev–Trinajstić information content (AvgIpc) is 2.45. The van der Waals surface area contributed by atoms with E-state index < -0.39 is 5.54 Å². The smallest absolute Gasteiger partial charge is 0.325 e. The van der Waals surface area contributed by atoms with Gasteiger partial charge in [0.05, 0.1) is 13.7 Å². The van der Waals surface area contributed by atoms with Gasteiger partial charge in [-0.1, -0.05) is 12.1 Å². The van der Waals surface area contributed by atoms with E-state index in [0.29, 0.717) is 13.0 Å². The van der Waals surface area contributed by atoms with Gasteiger partial charge < -0.3 is 14.8 Å². The van der Waals surface area contributed by atoms with Crippen molar-refractivity contribution in [2.75, 3.05) is 20.8 Å². The summed E-state index contributed by atoms with van der Waals surface area (Å²) in [5.41, 5.74) is 2.74. The zero-order chi connectivity index (χ0) is 15.3. The lowest BCUT2D eigenvalue weighted by atomic mass is 9.99. The van der Waals surface area contributed by atoms with Gasteiger partial charge in [0.25, 0.3) is 0 Å². The Balaban J connectivity index is 2.74. The first-order valence-corrected chi connectivity index (χ1v) is 6.82. The first kappa shape index (κ1) is 16.5. The molecule has 0 spiro atoms. The summed E-state index contributed by atoms with van der Waals surface area (Å²) >= 11 is 0. The van der Waals surface area contributed by atoms with Gasteiger partial charge in [0.1, 0.15) is 11.3 Å².